The quantitative estimate of drug-likeness (QED) is 0.922. The molecule has 2 bridgehead atoms. The highest BCUT2D eigenvalue weighted by Gasteiger charge is 2.63. The molecule has 2 aliphatic heterocycles. The maximum atomic E-state index is 12.6. The molecule has 1 aromatic carbocycles. The average molecular weight is 312 g/mol. The van der Waals surface area contributed by atoms with Crippen molar-refractivity contribution in [3.05, 3.63) is 41.7 Å². The van der Waals surface area contributed by atoms with Gasteiger partial charge in [-0.1, -0.05) is 22.9 Å². The van der Waals surface area contributed by atoms with E-state index in [4.69, 9.17) is 0 Å². The van der Waals surface area contributed by atoms with Crippen LogP contribution in [0.3, 0.4) is 0 Å². The molecule has 2 aromatic rings. The molecule has 1 amide bonds. The highest BCUT2D eigenvalue weighted by Crippen LogP contribution is 2.51. The van der Waals surface area contributed by atoms with Crippen LogP contribution in [0.1, 0.15) is 28.9 Å². The maximum Gasteiger partial charge on any atom is 0.329 e. The van der Waals surface area contributed by atoms with Crippen molar-refractivity contribution in [2.45, 2.75) is 25.3 Å². The normalized spacial score (nSPS) is 25.3. The lowest BCUT2D eigenvalue weighted by atomic mass is 9.73. The van der Waals surface area contributed by atoms with E-state index in [1.807, 2.05) is 31.2 Å². The smallest absolute Gasteiger partial charge is 0.329 e. The largest absolute Gasteiger partial charge is 0.479 e. The Labute approximate surface area is 132 Å². The first-order valence-corrected chi connectivity index (χ1v) is 7.54. The monoisotopic (exact) mass is 312 g/mol. The molecule has 0 atom stereocenters. The lowest BCUT2D eigenvalue weighted by molar-refractivity contribution is -0.151. The number of rotatable bonds is 3. The van der Waals surface area contributed by atoms with Crippen molar-refractivity contribution in [3.63, 3.8) is 0 Å². The number of aliphatic carboxylic acids is 1. The third-order valence-corrected chi connectivity index (χ3v) is 4.86. The van der Waals surface area contributed by atoms with Crippen LogP contribution in [-0.4, -0.2) is 49.0 Å². The number of carboxylic acid groups (broad SMARTS) is 1. The standard InChI is InChI=1S/C16H16N4O3/c1-10-2-4-12(5-3-10)20-9-13(17-18-20)14(21)19-8-11-6-16(19,7-11)15(22)23/h2-5,9,11H,6-8H2,1H3,(H,22,23). The van der Waals surface area contributed by atoms with Gasteiger partial charge in [-0.2, -0.15) is 0 Å². The van der Waals surface area contributed by atoms with E-state index in [0.717, 1.165) is 11.3 Å². The van der Waals surface area contributed by atoms with E-state index in [0.29, 0.717) is 25.3 Å². The van der Waals surface area contributed by atoms with E-state index >= 15 is 0 Å². The second-order valence-electron chi connectivity index (χ2n) is 6.41. The minimum Gasteiger partial charge on any atom is -0.479 e. The Kier molecular flexibility index (Phi) is 2.81. The lowest BCUT2D eigenvalue weighted by Gasteiger charge is -2.37. The van der Waals surface area contributed by atoms with Crippen LogP contribution >= 0.6 is 0 Å². The number of aryl methyl sites for hydroxylation is 1. The number of carbonyl (C=O) groups is 2. The molecule has 1 aliphatic carbocycles. The lowest BCUT2D eigenvalue weighted by Crippen LogP contribution is -2.54. The van der Waals surface area contributed by atoms with Crippen LogP contribution in [0.25, 0.3) is 5.69 Å². The maximum absolute atomic E-state index is 12.6. The van der Waals surface area contributed by atoms with E-state index in [1.165, 1.54) is 9.58 Å². The Morgan fingerprint density at radius 3 is 2.61 bits per heavy atom. The number of hydrogen-bond donors (Lipinski definition) is 1. The Hall–Kier alpha value is -2.70. The van der Waals surface area contributed by atoms with Gasteiger partial charge in [0.15, 0.2) is 5.69 Å². The summed E-state index contributed by atoms with van der Waals surface area (Å²) in [7, 11) is 0. The number of aromatic nitrogens is 3. The van der Waals surface area contributed by atoms with Crippen LogP contribution in [-0.2, 0) is 4.79 Å². The van der Waals surface area contributed by atoms with Crippen LogP contribution in [0, 0.1) is 12.8 Å². The minimum absolute atomic E-state index is 0.179. The van der Waals surface area contributed by atoms with E-state index in [1.54, 1.807) is 6.20 Å². The molecule has 3 aliphatic rings. The van der Waals surface area contributed by atoms with E-state index < -0.39 is 11.5 Å². The van der Waals surface area contributed by atoms with Crippen LogP contribution < -0.4 is 0 Å². The third kappa shape index (κ3) is 1.96. The molecule has 23 heavy (non-hydrogen) atoms. The molecule has 118 valence electrons. The van der Waals surface area contributed by atoms with E-state index in [9.17, 15) is 14.7 Å². The number of amides is 1. The summed E-state index contributed by atoms with van der Waals surface area (Å²) in [6.07, 6.45) is 2.64. The first-order valence-electron chi connectivity index (χ1n) is 7.54. The predicted octanol–water partition coefficient (Wildman–Crippen LogP) is 1.26. The zero-order chi connectivity index (χ0) is 16.2. The fourth-order valence-electron chi connectivity index (χ4n) is 3.57. The van der Waals surface area contributed by atoms with Gasteiger partial charge in [0, 0.05) is 6.54 Å². The number of carbonyl (C=O) groups excluding carboxylic acids is 1. The molecule has 5 rings (SSSR count). The number of nitrogens with zero attached hydrogens (tertiary/aromatic N) is 4. The summed E-state index contributed by atoms with van der Waals surface area (Å²) in [5.41, 5.74) is 1.08. The molecule has 2 saturated heterocycles. The van der Waals surface area contributed by atoms with Gasteiger partial charge in [0.25, 0.3) is 5.91 Å². The van der Waals surface area contributed by atoms with Gasteiger partial charge >= 0.3 is 5.97 Å². The molecule has 0 unspecified atom stereocenters. The van der Waals surface area contributed by atoms with E-state index in [-0.39, 0.29) is 11.6 Å². The Morgan fingerprint density at radius 2 is 1.96 bits per heavy atom. The average Bonchev–Trinajstić information content (AvgIpc) is 3.19. The molecule has 7 nitrogen and oxygen atoms in total. The van der Waals surface area contributed by atoms with Gasteiger partial charge < -0.3 is 10.0 Å². The molecular formula is C16H16N4O3. The van der Waals surface area contributed by atoms with Gasteiger partial charge in [0.2, 0.25) is 0 Å². The van der Waals surface area contributed by atoms with Gasteiger partial charge in [-0.15, -0.1) is 5.10 Å². The topological polar surface area (TPSA) is 88.3 Å². The van der Waals surface area contributed by atoms with Gasteiger partial charge in [-0.05, 0) is 37.8 Å². The van der Waals surface area contributed by atoms with E-state index in [2.05, 4.69) is 10.3 Å². The van der Waals surface area contributed by atoms with Crippen molar-refractivity contribution in [1.29, 1.82) is 0 Å². The van der Waals surface area contributed by atoms with Gasteiger partial charge in [0.05, 0.1) is 11.9 Å². The highest BCUT2D eigenvalue weighted by molar-refractivity contribution is 5.97. The van der Waals surface area contributed by atoms with Crippen molar-refractivity contribution in [3.8, 4) is 5.69 Å². The summed E-state index contributed by atoms with van der Waals surface area (Å²) in [6.45, 7) is 2.48. The summed E-state index contributed by atoms with van der Waals surface area (Å²) in [5, 5.41) is 17.4. The zero-order valence-corrected chi connectivity index (χ0v) is 12.6. The highest BCUT2D eigenvalue weighted by atomic mass is 16.4. The van der Waals surface area contributed by atoms with Crippen molar-refractivity contribution >= 4 is 11.9 Å². The van der Waals surface area contributed by atoms with Crippen molar-refractivity contribution in [2.24, 2.45) is 5.92 Å². The van der Waals surface area contributed by atoms with Gasteiger partial charge in [-0.25, -0.2) is 9.48 Å². The molecule has 1 N–H and O–H groups in total. The van der Waals surface area contributed by atoms with Crippen LogP contribution in [0.5, 0.6) is 0 Å². The predicted molar refractivity (Wildman–Crippen MR) is 80.2 cm³/mol. The van der Waals surface area contributed by atoms with Crippen molar-refractivity contribution in [2.75, 3.05) is 6.54 Å². The number of carboxylic acids is 1. The molecule has 3 fully saturated rings. The van der Waals surface area contributed by atoms with Crippen LogP contribution in [0.4, 0.5) is 0 Å². The van der Waals surface area contributed by atoms with Gasteiger partial charge in [0.1, 0.15) is 5.54 Å². The Morgan fingerprint density at radius 1 is 1.26 bits per heavy atom. The fraction of sp³-hybridized carbons (Fsp3) is 0.375. The molecule has 0 radical (unpaired) electrons. The molecule has 0 spiro atoms. The first-order chi connectivity index (χ1) is 11.0. The number of fused-ring (bicyclic) bond motifs is 1. The fourth-order valence-corrected chi connectivity index (χ4v) is 3.57. The van der Waals surface area contributed by atoms with Crippen molar-refractivity contribution in [1.82, 2.24) is 19.9 Å². The van der Waals surface area contributed by atoms with Crippen LogP contribution in [0.2, 0.25) is 0 Å². The summed E-state index contributed by atoms with van der Waals surface area (Å²) >= 11 is 0. The number of hydrogen-bond acceptors (Lipinski definition) is 4. The second kappa shape index (κ2) is 4.65. The summed E-state index contributed by atoms with van der Waals surface area (Å²) in [4.78, 5) is 25.6. The first kappa shape index (κ1) is 13.9. The summed E-state index contributed by atoms with van der Waals surface area (Å²) < 4.78 is 1.53. The molecular weight excluding hydrogens is 296 g/mol. The summed E-state index contributed by atoms with van der Waals surface area (Å²) in [5.74, 6) is -0.988. The Bertz CT molecular complexity index is 790. The SMILES string of the molecule is Cc1ccc(-n2cc(C(=O)N3CC4CC3(C(=O)O)C4)nn2)cc1. The summed E-state index contributed by atoms with van der Waals surface area (Å²) in [6, 6.07) is 7.69. The zero-order valence-electron chi connectivity index (χ0n) is 12.6. The van der Waals surface area contributed by atoms with Crippen LogP contribution in [0.15, 0.2) is 30.5 Å². The molecule has 1 saturated carbocycles. The Balaban J connectivity index is 1.61. The third-order valence-electron chi connectivity index (χ3n) is 4.86. The molecule has 1 aromatic heterocycles. The molecule has 7 heteroatoms. The molecule has 3 heterocycles. The van der Waals surface area contributed by atoms with Gasteiger partial charge in [-0.3, -0.25) is 4.79 Å². The number of benzene rings is 1. The van der Waals surface area contributed by atoms with Crippen molar-refractivity contribution < 1.29 is 14.7 Å². The minimum atomic E-state index is -1.03. The second-order valence-corrected chi connectivity index (χ2v) is 6.41.